The highest BCUT2D eigenvalue weighted by atomic mass is 16.6. The number of esters is 1. The average molecular weight is 184 g/mol. The first kappa shape index (κ1) is 9.92. The molecule has 4 heteroatoms. The normalized spacial score (nSPS) is 25.1. The molecule has 0 aromatic heterocycles. The largest absolute Gasteiger partial charge is 0.464 e. The van der Waals surface area contributed by atoms with Crippen molar-refractivity contribution in [3.63, 3.8) is 0 Å². The zero-order valence-electron chi connectivity index (χ0n) is 7.70. The van der Waals surface area contributed by atoms with Gasteiger partial charge in [0.1, 0.15) is 0 Å². The van der Waals surface area contributed by atoms with Crippen LogP contribution in [0.1, 0.15) is 13.8 Å². The Morgan fingerprint density at radius 3 is 2.54 bits per heavy atom. The Kier molecular flexibility index (Phi) is 2.83. The Hall–Kier alpha value is -1.16. The molecule has 2 atom stereocenters. The van der Waals surface area contributed by atoms with Gasteiger partial charge in [0.2, 0.25) is 0 Å². The van der Waals surface area contributed by atoms with Crippen molar-refractivity contribution in [3.8, 4) is 0 Å². The van der Waals surface area contributed by atoms with Gasteiger partial charge >= 0.3 is 5.97 Å². The maximum absolute atomic E-state index is 11.2. The molecule has 0 spiro atoms. The standard InChI is InChI=1S/C9H12O4/c1-4-12-9(11)8-7(13-8)6(10)5(2)3/h7-8H,2,4H2,1,3H3/t7-,8+/m1/s1. The van der Waals surface area contributed by atoms with Gasteiger partial charge < -0.3 is 9.47 Å². The molecule has 4 nitrogen and oxygen atoms in total. The highest BCUT2D eigenvalue weighted by molar-refractivity contribution is 6.03. The zero-order chi connectivity index (χ0) is 10.0. The van der Waals surface area contributed by atoms with Crippen LogP contribution < -0.4 is 0 Å². The van der Waals surface area contributed by atoms with E-state index in [1.54, 1.807) is 13.8 Å². The van der Waals surface area contributed by atoms with E-state index < -0.39 is 18.2 Å². The molecule has 1 fully saturated rings. The fourth-order valence-corrected chi connectivity index (χ4v) is 0.958. The van der Waals surface area contributed by atoms with Gasteiger partial charge in [0.05, 0.1) is 6.61 Å². The van der Waals surface area contributed by atoms with Crippen molar-refractivity contribution in [2.24, 2.45) is 0 Å². The molecule has 0 aromatic carbocycles. The van der Waals surface area contributed by atoms with E-state index in [-0.39, 0.29) is 5.78 Å². The van der Waals surface area contributed by atoms with Crippen molar-refractivity contribution < 1.29 is 19.1 Å². The lowest BCUT2D eigenvalue weighted by Crippen LogP contribution is -2.18. The van der Waals surface area contributed by atoms with Gasteiger partial charge in [0.15, 0.2) is 18.0 Å². The van der Waals surface area contributed by atoms with Gasteiger partial charge in [0, 0.05) is 0 Å². The smallest absolute Gasteiger partial charge is 0.338 e. The maximum atomic E-state index is 11.2. The molecule has 1 heterocycles. The maximum Gasteiger partial charge on any atom is 0.338 e. The van der Waals surface area contributed by atoms with Crippen LogP contribution in [0.2, 0.25) is 0 Å². The molecule has 1 aliphatic heterocycles. The third kappa shape index (κ3) is 2.15. The average Bonchev–Trinajstić information content (AvgIpc) is 2.82. The third-order valence-corrected chi connectivity index (χ3v) is 1.69. The molecule has 0 bridgehead atoms. The van der Waals surface area contributed by atoms with Crippen LogP contribution >= 0.6 is 0 Å². The van der Waals surface area contributed by atoms with Crippen LogP contribution in [0.4, 0.5) is 0 Å². The van der Waals surface area contributed by atoms with Crippen molar-refractivity contribution in [2.75, 3.05) is 6.61 Å². The molecule has 1 aliphatic rings. The topological polar surface area (TPSA) is 55.9 Å². The first-order valence-electron chi connectivity index (χ1n) is 4.09. The van der Waals surface area contributed by atoms with Crippen LogP contribution in [0.25, 0.3) is 0 Å². The molecule has 0 aliphatic carbocycles. The summed E-state index contributed by atoms with van der Waals surface area (Å²) >= 11 is 0. The monoisotopic (exact) mass is 184 g/mol. The quantitative estimate of drug-likeness (QED) is 0.362. The fraction of sp³-hybridized carbons (Fsp3) is 0.556. The number of epoxide rings is 1. The summed E-state index contributed by atoms with van der Waals surface area (Å²) in [4.78, 5) is 22.2. The SMILES string of the molecule is C=C(C)C(=O)[C@H]1O[C@@H]1C(=O)OCC. The lowest BCUT2D eigenvalue weighted by atomic mass is 10.1. The molecule has 13 heavy (non-hydrogen) atoms. The number of hydrogen-bond acceptors (Lipinski definition) is 4. The molecular formula is C9H12O4. The van der Waals surface area contributed by atoms with E-state index in [0.29, 0.717) is 12.2 Å². The van der Waals surface area contributed by atoms with Crippen LogP contribution in [-0.4, -0.2) is 30.6 Å². The summed E-state index contributed by atoms with van der Waals surface area (Å²) in [6, 6.07) is 0. The molecule has 1 saturated heterocycles. The van der Waals surface area contributed by atoms with Crippen molar-refractivity contribution in [1.29, 1.82) is 0 Å². The van der Waals surface area contributed by atoms with Gasteiger partial charge in [-0.15, -0.1) is 0 Å². The molecule has 0 radical (unpaired) electrons. The third-order valence-electron chi connectivity index (χ3n) is 1.69. The number of hydrogen-bond donors (Lipinski definition) is 0. The Balaban J connectivity index is 2.42. The second-order valence-corrected chi connectivity index (χ2v) is 2.87. The zero-order valence-corrected chi connectivity index (χ0v) is 7.70. The number of ether oxygens (including phenoxy) is 2. The van der Waals surface area contributed by atoms with Gasteiger partial charge in [0.25, 0.3) is 0 Å². The van der Waals surface area contributed by atoms with E-state index in [4.69, 9.17) is 4.74 Å². The summed E-state index contributed by atoms with van der Waals surface area (Å²) in [6.07, 6.45) is -1.36. The minimum Gasteiger partial charge on any atom is -0.464 e. The minimum atomic E-state index is -0.704. The van der Waals surface area contributed by atoms with E-state index in [1.807, 2.05) is 0 Å². The van der Waals surface area contributed by atoms with E-state index in [1.165, 1.54) is 0 Å². The van der Waals surface area contributed by atoms with Gasteiger partial charge in [-0.1, -0.05) is 6.58 Å². The molecule has 72 valence electrons. The predicted molar refractivity (Wildman–Crippen MR) is 45.1 cm³/mol. The van der Waals surface area contributed by atoms with E-state index >= 15 is 0 Å². The van der Waals surface area contributed by atoms with Crippen molar-refractivity contribution in [3.05, 3.63) is 12.2 Å². The van der Waals surface area contributed by atoms with Gasteiger partial charge in [-0.2, -0.15) is 0 Å². The molecule has 0 unspecified atom stereocenters. The molecule has 0 N–H and O–H groups in total. The first-order valence-corrected chi connectivity index (χ1v) is 4.09. The summed E-state index contributed by atoms with van der Waals surface area (Å²) in [5, 5.41) is 0. The highest BCUT2D eigenvalue weighted by Gasteiger charge is 2.51. The van der Waals surface area contributed by atoms with Crippen molar-refractivity contribution in [1.82, 2.24) is 0 Å². The molecule has 0 amide bonds. The molecule has 0 saturated carbocycles. The second-order valence-electron chi connectivity index (χ2n) is 2.87. The lowest BCUT2D eigenvalue weighted by molar-refractivity contribution is -0.144. The molecule has 1 rings (SSSR count). The summed E-state index contributed by atoms with van der Waals surface area (Å²) in [7, 11) is 0. The highest BCUT2D eigenvalue weighted by Crippen LogP contribution is 2.26. The van der Waals surface area contributed by atoms with Crippen molar-refractivity contribution in [2.45, 2.75) is 26.1 Å². The van der Waals surface area contributed by atoms with Crippen LogP contribution in [0, 0.1) is 0 Å². The number of ketones is 1. The number of rotatable bonds is 4. The van der Waals surface area contributed by atoms with Gasteiger partial charge in [-0.05, 0) is 19.4 Å². The van der Waals surface area contributed by atoms with Crippen LogP contribution in [-0.2, 0) is 19.1 Å². The fourth-order valence-electron chi connectivity index (χ4n) is 0.958. The number of carbonyl (C=O) groups is 2. The Morgan fingerprint density at radius 2 is 2.08 bits per heavy atom. The minimum absolute atomic E-state index is 0.224. The summed E-state index contributed by atoms with van der Waals surface area (Å²) in [6.45, 7) is 7.07. The summed E-state index contributed by atoms with van der Waals surface area (Å²) in [5.74, 6) is -0.694. The summed E-state index contributed by atoms with van der Waals surface area (Å²) in [5.41, 5.74) is 0.400. The van der Waals surface area contributed by atoms with Gasteiger partial charge in [-0.25, -0.2) is 4.79 Å². The van der Waals surface area contributed by atoms with E-state index in [0.717, 1.165) is 0 Å². The number of carbonyl (C=O) groups excluding carboxylic acids is 2. The second kappa shape index (κ2) is 3.70. The molecular weight excluding hydrogens is 172 g/mol. The summed E-state index contributed by atoms with van der Waals surface area (Å²) < 4.78 is 9.55. The van der Waals surface area contributed by atoms with Crippen LogP contribution in [0.3, 0.4) is 0 Å². The first-order chi connectivity index (χ1) is 6.07. The Morgan fingerprint density at radius 1 is 1.46 bits per heavy atom. The van der Waals surface area contributed by atoms with Crippen LogP contribution in [0.5, 0.6) is 0 Å². The predicted octanol–water partition coefficient (Wildman–Crippen LogP) is 0.462. The Bertz CT molecular complexity index is 256. The molecule has 0 aromatic rings. The van der Waals surface area contributed by atoms with E-state index in [9.17, 15) is 9.59 Å². The van der Waals surface area contributed by atoms with Gasteiger partial charge in [-0.3, -0.25) is 4.79 Å². The van der Waals surface area contributed by atoms with Crippen molar-refractivity contribution >= 4 is 11.8 Å². The van der Waals surface area contributed by atoms with E-state index in [2.05, 4.69) is 11.3 Å². The lowest BCUT2D eigenvalue weighted by Gasteiger charge is -1.96. The van der Waals surface area contributed by atoms with Crippen LogP contribution in [0.15, 0.2) is 12.2 Å². The number of Topliss-reactive ketones (excluding diaryl/α,β-unsaturated/α-hetero) is 1. The Labute approximate surface area is 76.5 Å².